The SMILES string of the molecule is CC(C)Cc1ccc(C(C)c2nc3ccccc3n2C(C)C)cc1. The lowest BCUT2D eigenvalue weighted by molar-refractivity contribution is 0.572. The van der Waals surface area contributed by atoms with E-state index >= 15 is 0 Å². The molecular weight excluding hydrogens is 292 g/mol. The van der Waals surface area contributed by atoms with E-state index in [4.69, 9.17) is 4.98 Å². The summed E-state index contributed by atoms with van der Waals surface area (Å²) < 4.78 is 2.38. The van der Waals surface area contributed by atoms with Gasteiger partial charge in [-0.3, -0.25) is 0 Å². The molecule has 0 amide bonds. The second-order valence-electron chi connectivity index (χ2n) is 7.48. The van der Waals surface area contributed by atoms with Gasteiger partial charge in [-0.15, -0.1) is 0 Å². The third-order valence-corrected chi connectivity index (χ3v) is 4.65. The lowest BCUT2D eigenvalue weighted by Crippen LogP contribution is -2.10. The Morgan fingerprint density at radius 1 is 0.875 bits per heavy atom. The lowest BCUT2D eigenvalue weighted by atomic mass is 9.96. The molecule has 0 fully saturated rings. The van der Waals surface area contributed by atoms with E-state index in [1.54, 1.807) is 0 Å². The van der Waals surface area contributed by atoms with Crippen LogP contribution in [0.4, 0.5) is 0 Å². The van der Waals surface area contributed by atoms with Crippen LogP contribution in [0.3, 0.4) is 0 Å². The van der Waals surface area contributed by atoms with E-state index < -0.39 is 0 Å². The van der Waals surface area contributed by atoms with Crippen molar-refractivity contribution in [1.82, 2.24) is 9.55 Å². The first kappa shape index (κ1) is 16.8. The van der Waals surface area contributed by atoms with Crippen LogP contribution in [0, 0.1) is 5.92 Å². The van der Waals surface area contributed by atoms with Crippen LogP contribution in [0.5, 0.6) is 0 Å². The van der Waals surface area contributed by atoms with Gasteiger partial charge in [0.1, 0.15) is 5.82 Å². The van der Waals surface area contributed by atoms with E-state index in [1.165, 1.54) is 16.6 Å². The Morgan fingerprint density at radius 3 is 2.17 bits per heavy atom. The average molecular weight is 320 g/mol. The molecule has 0 aliphatic carbocycles. The Morgan fingerprint density at radius 2 is 1.54 bits per heavy atom. The highest BCUT2D eigenvalue weighted by Crippen LogP contribution is 2.30. The maximum absolute atomic E-state index is 4.94. The van der Waals surface area contributed by atoms with Gasteiger partial charge in [-0.1, -0.05) is 57.2 Å². The van der Waals surface area contributed by atoms with Crippen LogP contribution < -0.4 is 0 Å². The number of para-hydroxylation sites is 2. The predicted molar refractivity (Wildman–Crippen MR) is 103 cm³/mol. The van der Waals surface area contributed by atoms with Crippen LogP contribution in [0.1, 0.15) is 63.5 Å². The number of rotatable bonds is 5. The van der Waals surface area contributed by atoms with Crippen LogP contribution in [-0.2, 0) is 6.42 Å². The number of nitrogens with zero attached hydrogens (tertiary/aromatic N) is 2. The van der Waals surface area contributed by atoms with Crippen LogP contribution in [0.15, 0.2) is 48.5 Å². The Balaban J connectivity index is 1.99. The number of fused-ring (bicyclic) bond motifs is 1. The Labute approximate surface area is 145 Å². The van der Waals surface area contributed by atoms with Crippen LogP contribution in [0.25, 0.3) is 11.0 Å². The fourth-order valence-electron chi connectivity index (χ4n) is 3.47. The molecule has 126 valence electrons. The summed E-state index contributed by atoms with van der Waals surface area (Å²) in [7, 11) is 0. The molecule has 0 aliphatic heterocycles. The van der Waals surface area contributed by atoms with E-state index in [0.717, 1.165) is 17.8 Å². The molecule has 24 heavy (non-hydrogen) atoms. The second-order valence-corrected chi connectivity index (χ2v) is 7.48. The first-order valence-corrected chi connectivity index (χ1v) is 9.03. The zero-order valence-corrected chi connectivity index (χ0v) is 15.5. The molecule has 0 aliphatic rings. The molecule has 1 unspecified atom stereocenters. The van der Waals surface area contributed by atoms with Gasteiger partial charge in [0.25, 0.3) is 0 Å². The summed E-state index contributed by atoms with van der Waals surface area (Å²) in [6.07, 6.45) is 1.14. The largest absolute Gasteiger partial charge is 0.325 e. The Hall–Kier alpha value is -2.09. The minimum atomic E-state index is 0.285. The first-order valence-electron chi connectivity index (χ1n) is 9.03. The molecule has 0 radical (unpaired) electrons. The molecule has 2 aromatic carbocycles. The molecule has 2 heteroatoms. The van der Waals surface area contributed by atoms with E-state index in [9.17, 15) is 0 Å². The van der Waals surface area contributed by atoms with Gasteiger partial charge in [0.05, 0.1) is 11.0 Å². The predicted octanol–water partition coefficient (Wildman–Crippen LogP) is 5.97. The van der Waals surface area contributed by atoms with Gasteiger partial charge in [-0.2, -0.15) is 0 Å². The molecule has 1 atom stereocenters. The highest BCUT2D eigenvalue weighted by atomic mass is 15.1. The molecule has 3 rings (SSSR count). The molecule has 1 heterocycles. The molecule has 0 saturated heterocycles. The van der Waals surface area contributed by atoms with E-state index in [0.29, 0.717) is 12.0 Å². The third kappa shape index (κ3) is 3.24. The molecule has 3 aromatic rings. The molecule has 1 aromatic heterocycles. The van der Waals surface area contributed by atoms with Crippen LogP contribution >= 0.6 is 0 Å². The van der Waals surface area contributed by atoms with Gasteiger partial charge in [0, 0.05) is 12.0 Å². The van der Waals surface area contributed by atoms with Crippen molar-refractivity contribution >= 4 is 11.0 Å². The molecule has 0 N–H and O–H groups in total. The van der Waals surface area contributed by atoms with E-state index in [1.807, 2.05) is 0 Å². The topological polar surface area (TPSA) is 17.8 Å². The maximum Gasteiger partial charge on any atom is 0.117 e. The standard InChI is InChI=1S/C22H28N2/c1-15(2)14-18-10-12-19(13-11-18)17(5)22-23-20-8-6-7-9-21(20)24(22)16(3)4/h6-13,15-17H,14H2,1-5H3. The number of imidazole rings is 1. The van der Waals surface area contributed by atoms with Gasteiger partial charge in [0.2, 0.25) is 0 Å². The van der Waals surface area contributed by atoms with Crippen molar-refractivity contribution in [3.63, 3.8) is 0 Å². The fraction of sp³-hybridized carbons (Fsp3) is 0.409. The van der Waals surface area contributed by atoms with Gasteiger partial charge >= 0.3 is 0 Å². The molecule has 2 nitrogen and oxygen atoms in total. The van der Waals surface area contributed by atoms with Gasteiger partial charge < -0.3 is 4.57 Å². The first-order chi connectivity index (χ1) is 11.5. The van der Waals surface area contributed by atoms with Gasteiger partial charge in [-0.05, 0) is 49.4 Å². The molecular formula is C22H28N2. The lowest BCUT2D eigenvalue weighted by Gasteiger charge is -2.18. The van der Waals surface area contributed by atoms with Crippen molar-refractivity contribution in [3.05, 3.63) is 65.5 Å². The van der Waals surface area contributed by atoms with Crippen molar-refractivity contribution in [3.8, 4) is 0 Å². The molecule has 0 saturated carbocycles. The van der Waals surface area contributed by atoms with E-state index in [2.05, 4.69) is 87.7 Å². The minimum Gasteiger partial charge on any atom is -0.325 e. The smallest absolute Gasteiger partial charge is 0.117 e. The highest BCUT2D eigenvalue weighted by molar-refractivity contribution is 5.76. The van der Waals surface area contributed by atoms with Crippen molar-refractivity contribution in [2.24, 2.45) is 5.92 Å². The molecule has 0 bridgehead atoms. The van der Waals surface area contributed by atoms with Gasteiger partial charge in [-0.25, -0.2) is 4.98 Å². The van der Waals surface area contributed by atoms with Crippen LogP contribution in [0.2, 0.25) is 0 Å². The summed E-state index contributed by atoms with van der Waals surface area (Å²) >= 11 is 0. The van der Waals surface area contributed by atoms with Crippen molar-refractivity contribution in [1.29, 1.82) is 0 Å². The van der Waals surface area contributed by atoms with Crippen molar-refractivity contribution < 1.29 is 0 Å². The number of hydrogen-bond acceptors (Lipinski definition) is 1. The normalized spacial score (nSPS) is 13.1. The minimum absolute atomic E-state index is 0.285. The summed E-state index contributed by atoms with van der Waals surface area (Å²) in [6.45, 7) is 11.3. The van der Waals surface area contributed by atoms with Crippen molar-refractivity contribution in [2.45, 2.75) is 53.0 Å². The maximum atomic E-state index is 4.94. The summed E-state index contributed by atoms with van der Waals surface area (Å²) in [5.41, 5.74) is 5.06. The third-order valence-electron chi connectivity index (χ3n) is 4.65. The summed E-state index contributed by atoms with van der Waals surface area (Å²) in [4.78, 5) is 4.94. The summed E-state index contributed by atoms with van der Waals surface area (Å²) in [5.74, 6) is 2.13. The number of aromatic nitrogens is 2. The average Bonchev–Trinajstić information content (AvgIpc) is 2.94. The Kier molecular flexibility index (Phi) is 4.75. The fourth-order valence-corrected chi connectivity index (χ4v) is 3.47. The number of hydrogen-bond donors (Lipinski definition) is 0. The highest BCUT2D eigenvalue weighted by Gasteiger charge is 2.19. The molecule has 0 spiro atoms. The Bertz CT molecular complexity index is 810. The number of benzene rings is 2. The van der Waals surface area contributed by atoms with Gasteiger partial charge in [0.15, 0.2) is 0 Å². The monoisotopic (exact) mass is 320 g/mol. The quantitative estimate of drug-likeness (QED) is 0.566. The zero-order chi connectivity index (χ0) is 17.3. The van der Waals surface area contributed by atoms with Crippen LogP contribution in [-0.4, -0.2) is 9.55 Å². The van der Waals surface area contributed by atoms with Crippen molar-refractivity contribution in [2.75, 3.05) is 0 Å². The zero-order valence-electron chi connectivity index (χ0n) is 15.5. The van der Waals surface area contributed by atoms with E-state index in [-0.39, 0.29) is 5.92 Å². The second kappa shape index (κ2) is 6.80. The summed E-state index contributed by atoms with van der Waals surface area (Å²) in [6, 6.07) is 17.9. The summed E-state index contributed by atoms with van der Waals surface area (Å²) in [5, 5.41) is 0.